The lowest BCUT2D eigenvalue weighted by Gasteiger charge is -2.38. The smallest absolute Gasteiger partial charge is 0.336 e. The van der Waals surface area contributed by atoms with E-state index in [1.165, 1.54) is 19.3 Å². The molecule has 1 aromatic heterocycles. The molecule has 1 aliphatic carbocycles. The molecule has 1 saturated carbocycles. The van der Waals surface area contributed by atoms with Gasteiger partial charge in [0.2, 0.25) is 5.88 Å². The van der Waals surface area contributed by atoms with Crippen molar-refractivity contribution >= 4 is 29.3 Å². The van der Waals surface area contributed by atoms with E-state index in [2.05, 4.69) is 34.5 Å². The third-order valence-corrected chi connectivity index (χ3v) is 6.46. The quantitative estimate of drug-likeness (QED) is 0.321. The number of amides is 2. The molecule has 8 nitrogen and oxygen atoms in total. The number of urea groups is 1. The highest BCUT2D eigenvalue weighted by Gasteiger charge is 2.25. The van der Waals surface area contributed by atoms with E-state index in [1.54, 1.807) is 31.2 Å². The van der Waals surface area contributed by atoms with E-state index in [-0.39, 0.29) is 11.4 Å². The molecule has 3 N–H and O–H groups in total. The number of aromatic carboxylic acids is 1. The fraction of sp³-hybridized carbons (Fsp3) is 0.393. The highest BCUT2D eigenvalue weighted by Crippen LogP contribution is 2.37. The monoisotopic (exact) mass is 490 g/mol. The van der Waals surface area contributed by atoms with Crippen LogP contribution in [0, 0.1) is 12.8 Å². The van der Waals surface area contributed by atoms with Gasteiger partial charge in [0.05, 0.1) is 22.6 Å². The molecule has 1 fully saturated rings. The van der Waals surface area contributed by atoms with Gasteiger partial charge in [0.15, 0.2) is 0 Å². The van der Waals surface area contributed by atoms with Gasteiger partial charge in [0.1, 0.15) is 0 Å². The molecule has 0 aliphatic heterocycles. The maximum atomic E-state index is 13.0. The van der Waals surface area contributed by atoms with Crippen LogP contribution < -0.4 is 15.5 Å². The number of carboxylic acids is 1. The van der Waals surface area contributed by atoms with Crippen molar-refractivity contribution in [3.63, 3.8) is 0 Å². The zero-order chi connectivity index (χ0) is 25.7. The number of nitrogens with one attached hydrogen (secondary N) is 2. The van der Waals surface area contributed by atoms with Gasteiger partial charge in [0, 0.05) is 18.7 Å². The average molecular weight is 491 g/mol. The van der Waals surface area contributed by atoms with Gasteiger partial charge in [-0.05, 0) is 55.0 Å². The summed E-state index contributed by atoms with van der Waals surface area (Å²) in [4.78, 5) is 27.2. The number of anilines is 3. The number of carbonyl (C=O) groups is 2. The number of hydrogen-bond acceptors (Lipinski definition) is 5. The van der Waals surface area contributed by atoms with E-state index in [0.29, 0.717) is 28.9 Å². The van der Waals surface area contributed by atoms with Crippen molar-refractivity contribution in [2.75, 3.05) is 22.1 Å². The van der Waals surface area contributed by atoms with E-state index in [4.69, 9.17) is 4.52 Å². The minimum Gasteiger partial charge on any atom is -0.478 e. The third-order valence-electron chi connectivity index (χ3n) is 6.46. The topological polar surface area (TPSA) is 108 Å². The zero-order valence-electron chi connectivity index (χ0n) is 21.1. The summed E-state index contributed by atoms with van der Waals surface area (Å²) < 4.78 is 5.14. The molecule has 1 aliphatic rings. The Bertz CT molecular complexity index is 1210. The van der Waals surface area contributed by atoms with Crippen LogP contribution in [0.4, 0.5) is 22.1 Å². The summed E-state index contributed by atoms with van der Waals surface area (Å²) in [5, 5.41) is 19.2. The zero-order valence-corrected chi connectivity index (χ0v) is 21.1. The molecule has 0 radical (unpaired) electrons. The van der Waals surface area contributed by atoms with Crippen LogP contribution in [0.1, 0.15) is 62.0 Å². The lowest BCUT2D eigenvalue weighted by Crippen LogP contribution is -2.40. The van der Waals surface area contributed by atoms with E-state index in [9.17, 15) is 14.7 Å². The first-order valence-electron chi connectivity index (χ1n) is 12.6. The fourth-order valence-corrected chi connectivity index (χ4v) is 4.89. The van der Waals surface area contributed by atoms with Gasteiger partial charge < -0.3 is 19.8 Å². The van der Waals surface area contributed by atoms with Crippen molar-refractivity contribution in [3.8, 4) is 11.1 Å². The van der Waals surface area contributed by atoms with Gasteiger partial charge in [-0.3, -0.25) is 5.32 Å². The number of nitrogens with zero attached hydrogens (tertiary/aromatic N) is 2. The maximum absolute atomic E-state index is 13.0. The average Bonchev–Trinajstić information content (AvgIpc) is 3.27. The standard InChI is InChI=1S/C28H34N4O4/c1-18(2)17-32(21-9-5-4-6-10-21)25-14-13-20(22-11-7-8-12-23(22)27(33)34)16-24(25)29-28(35)30-26-15-19(3)31-36-26/h7-8,11-16,18,21H,4-6,9-10,17H2,1-3H3,(H,33,34)(H2,29,30,35). The second kappa shape index (κ2) is 11.3. The fourth-order valence-electron chi connectivity index (χ4n) is 4.89. The molecule has 4 rings (SSSR count). The summed E-state index contributed by atoms with van der Waals surface area (Å²) >= 11 is 0. The van der Waals surface area contributed by atoms with Gasteiger partial charge in [-0.2, -0.15) is 0 Å². The lowest BCUT2D eigenvalue weighted by atomic mass is 9.92. The SMILES string of the molecule is Cc1cc(NC(=O)Nc2cc(-c3ccccc3C(=O)O)ccc2N(CC(C)C)C2CCCCC2)on1. The van der Waals surface area contributed by atoms with Crippen LogP contribution in [0.15, 0.2) is 53.1 Å². The Balaban J connectivity index is 1.75. The Kier molecular flexibility index (Phi) is 7.93. The summed E-state index contributed by atoms with van der Waals surface area (Å²) in [7, 11) is 0. The minimum absolute atomic E-state index is 0.212. The molecule has 0 atom stereocenters. The number of carboxylic acid groups (broad SMARTS) is 1. The Morgan fingerprint density at radius 3 is 2.50 bits per heavy atom. The molecule has 8 heteroatoms. The Labute approximate surface area is 211 Å². The highest BCUT2D eigenvalue weighted by atomic mass is 16.5. The second-order valence-electron chi connectivity index (χ2n) is 9.83. The molecule has 2 aromatic carbocycles. The molecule has 0 spiro atoms. The Morgan fingerprint density at radius 2 is 1.83 bits per heavy atom. The second-order valence-corrected chi connectivity index (χ2v) is 9.83. The minimum atomic E-state index is -0.994. The third kappa shape index (κ3) is 6.05. The molecule has 190 valence electrons. The first kappa shape index (κ1) is 25.3. The molecular formula is C28H34N4O4. The van der Waals surface area contributed by atoms with Crippen LogP contribution in [-0.4, -0.2) is 34.9 Å². The molecule has 2 amide bonds. The largest absolute Gasteiger partial charge is 0.478 e. The Hall–Kier alpha value is -3.81. The van der Waals surface area contributed by atoms with Crippen LogP contribution in [0.3, 0.4) is 0 Å². The molecule has 36 heavy (non-hydrogen) atoms. The normalized spacial score (nSPS) is 14.0. The van der Waals surface area contributed by atoms with Crippen molar-refractivity contribution in [1.29, 1.82) is 0 Å². The van der Waals surface area contributed by atoms with Crippen LogP contribution >= 0.6 is 0 Å². The van der Waals surface area contributed by atoms with Crippen LogP contribution in [-0.2, 0) is 0 Å². The molecule has 1 heterocycles. The van der Waals surface area contributed by atoms with Crippen LogP contribution in [0.25, 0.3) is 11.1 Å². The molecule has 0 unspecified atom stereocenters. The van der Waals surface area contributed by atoms with E-state index >= 15 is 0 Å². The van der Waals surface area contributed by atoms with E-state index in [0.717, 1.165) is 30.6 Å². The number of hydrogen-bond donors (Lipinski definition) is 3. The van der Waals surface area contributed by atoms with Crippen molar-refractivity contribution < 1.29 is 19.2 Å². The molecular weight excluding hydrogens is 456 g/mol. The Morgan fingerprint density at radius 1 is 1.08 bits per heavy atom. The molecule has 0 saturated heterocycles. The van der Waals surface area contributed by atoms with Gasteiger partial charge >= 0.3 is 12.0 Å². The van der Waals surface area contributed by atoms with Gasteiger partial charge in [-0.15, -0.1) is 0 Å². The van der Waals surface area contributed by atoms with Gasteiger partial charge in [-0.25, -0.2) is 9.59 Å². The van der Waals surface area contributed by atoms with Crippen molar-refractivity contribution in [1.82, 2.24) is 5.16 Å². The first-order chi connectivity index (χ1) is 17.3. The van der Waals surface area contributed by atoms with Gasteiger partial charge in [-0.1, -0.05) is 62.5 Å². The number of carbonyl (C=O) groups excluding carboxylic acids is 1. The summed E-state index contributed by atoms with van der Waals surface area (Å²) in [6.07, 6.45) is 5.86. The van der Waals surface area contributed by atoms with E-state index in [1.807, 2.05) is 24.3 Å². The van der Waals surface area contributed by atoms with Crippen LogP contribution in [0.2, 0.25) is 0 Å². The first-order valence-corrected chi connectivity index (χ1v) is 12.6. The highest BCUT2D eigenvalue weighted by molar-refractivity contribution is 6.02. The predicted molar refractivity (Wildman–Crippen MR) is 142 cm³/mol. The molecule has 0 bridgehead atoms. The number of aryl methyl sites for hydroxylation is 1. The summed E-state index contributed by atoms with van der Waals surface area (Å²) in [6.45, 7) is 7.02. The number of benzene rings is 2. The van der Waals surface area contributed by atoms with E-state index < -0.39 is 12.0 Å². The van der Waals surface area contributed by atoms with Crippen molar-refractivity contribution in [2.45, 2.75) is 58.9 Å². The summed E-state index contributed by atoms with van der Waals surface area (Å²) in [5.74, 6) is -0.310. The summed E-state index contributed by atoms with van der Waals surface area (Å²) in [6, 6.07) is 14.3. The predicted octanol–water partition coefficient (Wildman–Crippen LogP) is 6.79. The number of rotatable bonds is 8. The van der Waals surface area contributed by atoms with Crippen molar-refractivity contribution in [3.05, 3.63) is 59.8 Å². The van der Waals surface area contributed by atoms with Crippen molar-refractivity contribution in [2.24, 2.45) is 5.92 Å². The van der Waals surface area contributed by atoms with Gasteiger partial charge in [0.25, 0.3) is 0 Å². The lowest BCUT2D eigenvalue weighted by molar-refractivity contribution is 0.0697. The maximum Gasteiger partial charge on any atom is 0.336 e. The van der Waals surface area contributed by atoms with Crippen LogP contribution in [0.5, 0.6) is 0 Å². The molecule has 3 aromatic rings. The number of aromatic nitrogens is 1. The summed E-state index contributed by atoms with van der Waals surface area (Å²) in [5.41, 5.74) is 3.74.